The van der Waals surface area contributed by atoms with Crippen molar-refractivity contribution in [3.63, 3.8) is 0 Å². The average Bonchev–Trinajstić information content (AvgIpc) is 2.75. The molecular weight excluding hydrogens is 360 g/mol. The molecule has 3 heteroatoms. The van der Waals surface area contributed by atoms with Crippen molar-refractivity contribution in [2.45, 2.75) is 66.0 Å². The lowest BCUT2D eigenvalue weighted by Crippen LogP contribution is -2.40. The molecule has 0 amide bonds. The summed E-state index contributed by atoms with van der Waals surface area (Å²) in [4.78, 5) is 0. The molecule has 2 rings (SSSR count). The van der Waals surface area contributed by atoms with Gasteiger partial charge < -0.3 is 14.6 Å². The van der Waals surface area contributed by atoms with E-state index in [1.54, 1.807) is 0 Å². The predicted molar refractivity (Wildman–Crippen MR) is 120 cm³/mol. The highest BCUT2D eigenvalue weighted by molar-refractivity contribution is 5.14. The molecule has 0 saturated heterocycles. The summed E-state index contributed by atoms with van der Waals surface area (Å²) in [6, 6.07) is 20.5. The molecule has 0 spiro atoms. The first kappa shape index (κ1) is 23.6. The lowest BCUT2D eigenvalue weighted by molar-refractivity contribution is -0.0929. The number of benzene rings is 2. The van der Waals surface area contributed by atoms with Crippen LogP contribution in [-0.2, 0) is 22.7 Å². The average molecular weight is 399 g/mol. The highest BCUT2D eigenvalue weighted by atomic mass is 16.5. The highest BCUT2D eigenvalue weighted by Gasteiger charge is 2.32. The normalized spacial score (nSPS) is 16.7. The molecule has 1 N–H and O–H groups in total. The van der Waals surface area contributed by atoms with Crippen LogP contribution in [0.25, 0.3) is 0 Å². The van der Waals surface area contributed by atoms with Crippen LogP contribution in [0.5, 0.6) is 0 Å². The minimum atomic E-state index is -0.382. The Morgan fingerprint density at radius 2 is 1.34 bits per heavy atom. The van der Waals surface area contributed by atoms with Gasteiger partial charge in [0.1, 0.15) is 0 Å². The first-order chi connectivity index (χ1) is 14.0. The van der Waals surface area contributed by atoms with Crippen molar-refractivity contribution >= 4 is 0 Å². The van der Waals surface area contributed by atoms with Crippen LogP contribution in [0, 0.1) is 17.8 Å². The van der Waals surface area contributed by atoms with Crippen molar-refractivity contribution in [2.75, 3.05) is 6.61 Å². The monoisotopic (exact) mass is 398 g/mol. The van der Waals surface area contributed by atoms with Crippen molar-refractivity contribution < 1.29 is 14.6 Å². The second-order valence-electron chi connectivity index (χ2n) is 8.35. The fourth-order valence-electron chi connectivity index (χ4n) is 3.97. The van der Waals surface area contributed by atoms with E-state index in [4.69, 9.17) is 9.47 Å². The van der Waals surface area contributed by atoms with Crippen molar-refractivity contribution in [1.29, 1.82) is 0 Å². The van der Waals surface area contributed by atoms with Crippen LogP contribution in [0.3, 0.4) is 0 Å². The Hall–Kier alpha value is -1.68. The van der Waals surface area contributed by atoms with Gasteiger partial charge in [0.05, 0.1) is 32.0 Å². The molecule has 0 fully saturated rings. The van der Waals surface area contributed by atoms with Gasteiger partial charge >= 0.3 is 0 Å². The number of aliphatic hydroxyl groups is 1. The van der Waals surface area contributed by atoms with Gasteiger partial charge in [0.15, 0.2) is 0 Å². The largest absolute Gasteiger partial charge is 0.392 e. The lowest BCUT2D eigenvalue weighted by Gasteiger charge is -2.35. The molecule has 0 bridgehead atoms. The number of hydrogen-bond donors (Lipinski definition) is 1. The molecule has 5 atom stereocenters. The summed E-state index contributed by atoms with van der Waals surface area (Å²) >= 11 is 0. The SMILES string of the molecule is CCC[C@@H](C)[C@@H](O)[C@H](C)[C@H](OCc1ccccc1)[C@H](C)COCc1ccccc1. The van der Waals surface area contributed by atoms with Crippen molar-refractivity contribution in [1.82, 2.24) is 0 Å². The molecule has 29 heavy (non-hydrogen) atoms. The number of ether oxygens (including phenoxy) is 2. The van der Waals surface area contributed by atoms with E-state index in [9.17, 15) is 5.11 Å². The van der Waals surface area contributed by atoms with Crippen LogP contribution in [0.15, 0.2) is 60.7 Å². The molecule has 0 aromatic heterocycles. The molecule has 0 radical (unpaired) electrons. The third-order valence-electron chi connectivity index (χ3n) is 5.72. The summed E-state index contributed by atoms with van der Waals surface area (Å²) in [5, 5.41) is 10.9. The summed E-state index contributed by atoms with van der Waals surface area (Å²) in [7, 11) is 0. The summed E-state index contributed by atoms with van der Waals surface area (Å²) in [5.41, 5.74) is 2.32. The van der Waals surface area contributed by atoms with Crippen molar-refractivity contribution in [3.05, 3.63) is 71.8 Å². The molecule has 0 unspecified atom stereocenters. The van der Waals surface area contributed by atoms with Gasteiger partial charge in [0.25, 0.3) is 0 Å². The molecule has 0 saturated carbocycles. The summed E-state index contributed by atoms with van der Waals surface area (Å²) in [6.07, 6.45) is 1.65. The Morgan fingerprint density at radius 3 is 1.90 bits per heavy atom. The summed E-state index contributed by atoms with van der Waals surface area (Å²) < 4.78 is 12.4. The van der Waals surface area contributed by atoms with Crippen molar-refractivity contribution in [3.8, 4) is 0 Å². The molecule has 2 aromatic rings. The second-order valence-corrected chi connectivity index (χ2v) is 8.35. The van der Waals surface area contributed by atoms with Gasteiger partial charge in [-0.2, -0.15) is 0 Å². The molecule has 0 heterocycles. The van der Waals surface area contributed by atoms with E-state index in [2.05, 4.69) is 52.0 Å². The number of hydrogen-bond acceptors (Lipinski definition) is 3. The van der Waals surface area contributed by atoms with E-state index < -0.39 is 0 Å². The highest BCUT2D eigenvalue weighted by Crippen LogP contribution is 2.27. The molecule has 0 aliphatic carbocycles. The zero-order valence-corrected chi connectivity index (χ0v) is 18.5. The van der Waals surface area contributed by atoms with Crippen LogP contribution < -0.4 is 0 Å². The van der Waals surface area contributed by atoms with Gasteiger partial charge in [-0.3, -0.25) is 0 Å². The van der Waals surface area contributed by atoms with Gasteiger partial charge in [0, 0.05) is 11.8 Å². The topological polar surface area (TPSA) is 38.7 Å². The van der Waals surface area contributed by atoms with Crippen LogP contribution in [0.4, 0.5) is 0 Å². The second kappa shape index (κ2) is 12.8. The van der Waals surface area contributed by atoms with Gasteiger partial charge in [-0.25, -0.2) is 0 Å². The van der Waals surface area contributed by atoms with Crippen LogP contribution in [0.2, 0.25) is 0 Å². The number of aliphatic hydroxyl groups excluding tert-OH is 1. The minimum Gasteiger partial charge on any atom is -0.392 e. The Labute approximate surface area is 177 Å². The number of rotatable bonds is 13. The van der Waals surface area contributed by atoms with E-state index >= 15 is 0 Å². The first-order valence-electron chi connectivity index (χ1n) is 11.0. The maximum absolute atomic E-state index is 10.9. The van der Waals surface area contributed by atoms with Gasteiger partial charge in [-0.05, 0) is 23.5 Å². The van der Waals surface area contributed by atoms with Gasteiger partial charge in [-0.1, -0.05) is 94.8 Å². The van der Waals surface area contributed by atoms with E-state index in [-0.39, 0.29) is 30.0 Å². The van der Waals surface area contributed by atoms with E-state index in [0.29, 0.717) is 19.8 Å². The molecule has 0 aliphatic rings. The molecule has 160 valence electrons. The quantitative estimate of drug-likeness (QED) is 0.459. The van der Waals surface area contributed by atoms with E-state index in [0.717, 1.165) is 18.4 Å². The van der Waals surface area contributed by atoms with Gasteiger partial charge in [0.2, 0.25) is 0 Å². The predicted octanol–water partition coefficient (Wildman–Crippen LogP) is 5.86. The Balaban J connectivity index is 1.99. The van der Waals surface area contributed by atoms with E-state index in [1.807, 2.05) is 36.4 Å². The fourth-order valence-corrected chi connectivity index (χ4v) is 3.97. The lowest BCUT2D eigenvalue weighted by atomic mass is 9.83. The van der Waals surface area contributed by atoms with Crippen LogP contribution in [-0.4, -0.2) is 23.9 Å². The molecule has 0 aliphatic heterocycles. The smallest absolute Gasteiger partial charge is 0.0720 e. The summed E-state index contributed by atoms with van der Waals surface area (Å²) in [6.45, 7) is 10.3. The Bertz CT molecular complexity index is 658. The molecular formula is C26H38O3. The van der Waals surface area contributed by atoms with Crippen molar-refractivity contribution in [2.24, 2.45) is 17.8 Å². The zero-order chi connectivity index (χ0) is 21.1. The molecule has 2 aromatic carbocycles. The Morgan fingerprint density at radius 1 is 0.793 bits per heavy atom. The fraction of sp³-hybridized carbons (Fsp3) is 0.538. The minimum absolute atomic E-state index is 0.0376. The molecule has 3 nitrogen and oxygen atoms in total. The zero-order valence-electron chi connectivity index (χ0n) is 18.5. The van der Waals surface area contributed by atoms with Gasteiger partial charge in [-0.15, -0.1) is 0 Å². The van der Waals surface area contributed by atoms with Crippen LogP contribution in [0.1, 0.15) is 51.7 Å². The third kappa shape index (κ3) is 7.93. The van der Waals surface area contributed by atoms with Crippen LogP contribution >= 0.6 is 0 Å². The Kier molecular flexibility index (Phi) is 10.4. The maximum Gasteiger partial charge on any atom is 0.0720 e. The third-order valence-corrected chi connectivity index (χ3v) is 5.72. The van der Waals surface area contributed by atoms with E-state index in [1.165, 1.54) is 5.56 Å². The summed E-state index contributed by atoms with van der Waals surface area (Å²) in [5.74, 6) is 0.478. The maximum atomic E-state index is 10.9. The first-order valence-corrected chi connectivity index (χ1v) is 11.0. The standard InChI is InChI=1S/C26H38O3/c1-5-12-20(2)25(27)22(4)26(29-19-24-15-10-7-11-16-24)21(3)17-28-18-23-13-8-6-9-14-23/h6-11,13-16,20-22,25-27H,5,12,17-19H2,1-4H3/t20-,21-,22+,25-,26-/m1/s1.